The van der Waals surface area contributed by atoms with Gasteiger partial charge in [-0.1, -0.05) is 24.4 Å². The van der Waals surface area contributed by atoms with Crippen LogP contribution in [0.4, 0.5) is 4.39 Å². The maximum atomic E-state index is 13.0. The number of halogens is 2. The minimum atomic E-state index is -0.412. The summed E-state index contributed by atoms with van der Waals surface area (Å²) in [5, 5.41) is 3.58. The molecule has 0 amide bonds. The lowest BCUT2D eigenvalue weighted by Crippen LogP contribution is -2.36. The van der Waals surface area contributed by atoms with Crippen LogP contribution in [0.25, 0.3) is 0 Å². The largest absolute Gasteiger partial charge is 0.494 e. The molecule has 114 valence electrons. The molecule has 0 fully saturated rings. The minimum absolute atomic E-state index is 0.107. The first-order chi connectivity index (χ1) is 9.38. The Morgan fingerprint density at radius 2 is 1.85 bits per heavy atom. The number of hydrogen-bond donors (Lipinski definition) is 1. The zero-order chi connectivity index (χ0) is 15.0. The highest BCUT2D eigenvalue weighted by molar-refractivity contribution is 6.30. The highest BCUT2D eigenvalue weighted by atomic mass is 35.5. The van der Waals surface area contributed by atoms with Crippen molar-refractivity contribution < 1.29 is 9.13 Å². The maximum Gasteiger partial charge on any atom is 0.142 e. The van der Waals surface area contributed by atoms with Crippen molar-refractivity contribution in [2.45, 2.75) is 52.0 Å². The van der Waals surface area contributed by atoms with Crippen LogP contribution in [0, 0.1) is 5.82 Å². The Labute approximate surface area is 126 Å². The average Bonchev–Trinajstić information content (AvgIpc) is 2.35. The number of ether oxygens (including phenoxy) is 1. The third kappa shape index (κ3) is 7.71. The van der Waals surface area contributed by atoms with Crippen LogP contribution in [0.5, 0.6) is 5.75 Å². The molecule has 0 radical (unpaired) electrons. The van der Waals surface area contributed by atoms with Crippen molar-refractivity contribution in [2.75, 3.05) is 13.2 Å². The standard InChI is InChI=1S/C16H25ClFNO/c1-16(2,3)19-10-6-4-5-7-11-20-13-8-9-15(18)14(17)12-13/h8-9,12,19H,4-7,10-11H2,1-3H3. The minimum Gasteiger partial charge on any atom is -0.494 e. The van der Waals surface area contributed by atoms with Gasteiger partial charge in [0.2, 0.25) is 0 Å². The zero-order valence-corrected chi connectivity index (χ0v) is 13.4. The third-order valence-electron chi connectivity index (χ3n) is 2.89. The normalized spacial score (nSPS) is 11.7. The monoisotopic (exact) mass is 301 g/mol. The summed E-state index contributed by atoms with van der Waals surface area (Å²) in [7, 11) is 0. The van der Waals surface area contributed by atoms with Gasteiger partial charge in [-0.15, -0.1) is 0 Å². The molecule has 2 nitrogen and oxygen atoms in total. The van der Waals surface area contributed by atoms with E-state index < -0.39 is 5.82 Å². The first-order valence-electron chi connectivity index (χ1n) is 7.21. The molecule has 1 N–H and O–H groups in total. The molecule has 0 saturated carbocycles. The van der Waals surface area contributed by atoms with E-state index in [4.69, 9.17) is 16.3 Å². The second-order valence-electron chi connectivity index (χ2n) is 6.02. The number of benzene rings is 1. The lowest BCUT2D eigenvalue weighted by molar-refractivity contribution is 0.303. The molecule has 0 aliphatic rings. The molecule has 1 aromatic rings. The lowest BCUT2D eigenvalue weighted by Gasteiger charge is -2.20. The Morgan fingerprint density at radius 1 is 1.15 bits per heavy atom. The van der Waals surface area contributed by atoms with E-state index in [2.05, 4.69) is 26.1 Å². The van der Waals surface area contributed by atoms with Gasteiger partial charge < -0.3 is 10.1 Å². The van der Waals surface area contributed by atoms with E-state index in [1.807, 2.05) is 0 Å². The highest BCUT2D eigenvalue weighted by Gasteiger charge is 2.06. The Balaban J connectivity index is 2.03. The van der Waals surface area contributed by atoms with Crippen molar-refractivity contribution in [1.82, 2.24) is 5.32 Å². The fourth-order valence-electron chi connectivity index (χ4n) is 1.80. The summed E-state index contributed by atoms with van der Waals surface area (Å²) in [5.74, 6) is 0.219. The molecule has 0 spiro atoms. The Kier molecular flexibility index (Phi) is 7.31. The molecule has 0 bridgehead atoms. The van der Waals surface area contributed by atoms with Gasteiger partial charge in [-0.2, -0.15) is 0 Å². The van der Waals surface area contributed by atoms with Crippen molar-refractivity contribution in [3.63, 3.8) is 0 Å². The van der Waals surface area contributed by atoms with Gasteiger partial charge in [0.05, 0.1) is 11.6 Å². The van der Waals surface area contributed by atoms with Gasteiger partial charge >= 0.3 is 0 Å². The number of hydrogen-bond acceptors (Lipinski definition) is 2. The summed E-state index contributed by atoms with van der Waals surface area (Å²) in [6, 6.07) is 4.45. The molecule has 0 saturated heterocycles. The molecule has 20 heavy (non-hydrogen) atoms. The second-order valence-corrected chi connectivity index (χ2v) is 6.42. The fraction of sp³-hybridized carbons (Fsp3) is 0.625. The first-order valence-corrected chi connectivity index (χ1v) is 7.59. The number of rotatable bonds is 8. The van der Waals surface area contributed by atoms with Crippen molar-refractivity contribution >= 4 is 11.6 Å². The van der Waals surface area contributed by atoms with Gasteiger partial charge in [0.1, 0.15) is 11.6 Å². The highest BCUT2D eigenvalue weighted by Crippen LogP contribution is 2.21. The molecule has 0 aliphatic heterocycles. The molecule has 0 aromatic heterocycles. The van der Waals surface area contributed by atoms with Crippen LogP contribution < -0.4 is 10.1 Å². The van der Waals surface area contributed by atoms with E-state index in [0.29, 0.717) is 12.4 Å². The van der Waals surface area contributed by atoms with Gasteiger partial charge in [-0.05, 0) is 52.3 Å². The zero-order valence-electron chi connectivity index (χ0n) is 12.6. The molecular formula is C16H25ClFNO. The predicted molar refractivity (Wildman–Crippen MR) is 83.1 cm³/mol. The van der Waals surface area contributed by atoms with Crippen LogP contribution in [-0.4, -0.2) is 18.7 Å². The summed E-state index contributed by atoms with van der Waals surface area (Å²) in [6.07, 6.45) is 4.52. The Morgan fingerprint density at radius 3 is 2.50 bits per heavy atom. The van der Waals surface area contributed by atoms with Crippen LogP contribution in [0.2, 0.25) is 5.02 Å². The van der Waals surface area contributed by atoms with E-state index in [9.17, 15) is 4.39 Å². The quantitative estimate of drug-likeness (QED) is 0.696. The molecule has 0 aliphatic carbocycles. The number of nitrogens with one attached hydrogen (secondary N) is 1. The molecule has 1 rings (SSSR count). The fourth-order valence-corrected chi connectivity index (χ4v) is 1.97. The summed E-state index contributed by atoms with van der Waals surface area (Å²) >= 11 is 5.69. The Bertz CT molecular complexity index is 404. The number of unbranched alkanes of at least 4 members (excludes halogenated alkanes) is 3. The van der Waals surface area contributed by atoms with Gasteiger partial charge in [-0.25, -0.2) is 4.39 Å². The van der Waals surface area contributed by atoms with E-state index in [0.717, 1.165) is 19.4 Å². The van der Waals surface area contributed by atoms with Gasteiger partial charge in [0.25, 0.3) is 0 Å². The van der Waals surface area contributed by atoms with Crippen LogP contribution in [0.15, 0.2) is 18.2 Å². The van der Waals surface area contributed by atoms with Gasteiger partial charge in [-0.3, -0.25) is 0 Å². The summed E-state index contributed by atoms with van der Waals surface area (Å²) in [5.41, 5.74) is 0.199. The van der Waals surface area contributed by atoms with Crippen molar-refractivity contribution in [2.24, 2.45) is 0 Å². The topological polar surface area (TPSA) is 21.3 Å². The molecule has 4 heteroatoms. The smallest absolute Gasteiger partial charge is 0.142 e. The van der Waals surface area contributed by atoms with E-state index in [1.165, 1.54) is 25.0 Å². The van der Waals surface area contributed by atoms with Crippen molar-refractivity contribution in [3.8, 4) is 5.75 Å². The summed E-state index contributed by atoms with van der Waals surface area (Å²) < 4.78 is 18.5. The molecule has 0 heterocycles. The summed E-state index contributed by atoms with van der Waals surface area (Å²) in [6.45, 7) is 8.23. The first kappa shape index (κ1) is 17.3. The van der Waals surface area contributed by atoms with E-state index in [1.54, 1.807) is 6.07 Å². The summed E-state index contributed by atoms with van der Waals surface area (Å²) in [4.78, 5) is 0. The van der Waals surface area contributed by atoms with Crippen LogP contribution >= 0.6 is 11.6 Å². The van der Waals surface area contributed by atoms with Crippen LogP contribution in [0.3, 0.4) is 0 Å². The lowest BCUT2D eigenvalue weighted by atomic mass is 10.1. The second kappa shape index (κ2) is 8.48. The van der Waals surface area contributed by atoms with Crippen LogP contribution in [-0.2, 0) is 0 Å². The van der Waals surface area contributed by atoms with Crippen LogP contribution in [0.1, 0.15) is 46.5 Å². The molecule has 0 atom stereocenters. The van der Waals surface area contributed by atoms with Crippen molar-refractivity contribution in [1.29, 1.82) is 0 Å². The molecular weight excluding hydrogens is 277 g/mol. The predicted octanol–water partition coefficient (Wildman–Crippen LogP) is 4.81. The Hall–Kier alpha value is -0.800. The SMILES string of the molecule is CC(C)(C)NCCCCCCOc1ccc(F)c(Cl)c1. The maximum absolute atomic E-state index is 13.0. The van der Waals surface area contributed by atoms with Gasteiger partial charge in [0, 0.05) is 11.6 Å². The molecule has 1 aromatic carbocycles. The average molecular weight is 302 g/mol. The van der Waals surface area contributed by atoms with E-state index in [-0.39, 0.29) is 10.6 Å². The molecule has 0 unspecified atom stereocenters. The van der Waals surface area contributed by atoms with Gasteiger partial charge in [0.15, 0.2) is 0 Å². The van der Waals surface area contributed by atoms with Crippen molar-refractivity contribution in [3.05, 3.63) is 29.0 Å². The third-order valence-corrected chi connectivity index (χ3v) is 3.18. The van der Waals surface area contributed by atoms with E-state index >= 15 is 0 Å².